The molecule has 2 heterocycles. The van der Waals surface area contributed by atoms with E-state index in [0.29, 0.717) is 12.1 Å². The Kier molecular flexibility index (Phi) is 3.16. The molecule has 1 aliphatic heterocycles. The summed E-state index contributed by atoms with van der Waals surface area (Å²) < 4.78 is 0. The van der Waals surface area contributed by atoms with Crippen molar-refractivity contribution in [2.24, 2.45) is 0 Å². The first-order valence-corrected chi connectivity index (χ1v) is 5.39. The maximum Gasteiger partial charge on any atom is 0.257 e. The standard InChI is InChI=1S/C10H12ClN3O/c11-9-2-1-3-14(6-9)10(15)8-4-12-7-13-5-8/h4-5,7,9H,1-3,6H2. The maximum atomic E-state index is 11.9. The molecule has 4 nitrogen and oxygen atoms in total. The first-order valence-electron chi connectivity index (χ1n) is 4.96. The normalized spacial score (nSPS) is 21.4. The van der Waals surface area contributed by atoms with Crippen molar-refractivity contribution in [1.29, 1.82) is 0 Å². The van der Waals surface area contributed by atoms with Crippen LogP contribution in [0.2, 0.25) is 0 Å². The number of likely N-dealkylation sites (tertiary alicyclic amines) is 1. The number of hydrogen-bond acceptors (Lipinski definition) is 3. The third-order valence-electron chi connectivity index (χ3n) is 2.46. The monoisotopic (exact) mass is 225 g/mol. The number of piperidine rings is 1. The smallest absolute Gasteiger partial charge is 0.257 e. The number of carbonyl (C=O) groups excluding carboxylic acids is 1. The molecule has 2 rings (SSSR count). The van der Waals surface area contributed by atoms with Gasteiger partial charge in [0.2, 0.25) is 0 Å². The number of hydrogen-bond donors (Lipinski definition) is 0. The number of alkyl halides is 1. The Morgan fingerprint density at radius 1 is 1.47 bits per heavy atom. The van der Waals surface area contributed by atoms with Gasteiger partial charge in [-0.25, -0.2) is 9.97 Å². The summed E-state index contributed by atoms with van der Waals surface area (Å²) >= 11 is 6.02. The van der Waals surface area contributed by atoms with Crippen LogP contribution in [-0.4, -0.2) is 39.2 Å². The van der Waals surface area contributed by atoms with Crippen molar-refractivity contribution in [2.45, 2.75) is 18.2 Å². The fraction of sp³-hybridized carbons (Fsp3) is 0.500. The highest BCUT2D eigenvalue weighted by Crippen LogP contribution is 2.16. The summed E-state index contributed by atoms with van der Waals surface area (Å²) in [5.41, 5.74) is 0.531. The van der Waals surface area contributed by atoms with E-state index in [1.807, 2.05) is 0 Å². The van der Waals surface area contributed by atoms with E-state index in [9.17, 15) is 4.79 Å². The highest BCUT2D eigenvalue weighted by Gasteiger charge is 2.23. The Morgan fingerprint density at radius 2 is 2.20 bits per heavy atom. The molecule has 1 amide bonds. The third-order valence-corrected chi connectivity index (χ3v) is 2.81. The zero-order valence-electron chi connectivity index (χ0n) is 8.27. The molecule has 80 valence electrons. The lowest BCUT2D eigenvalue weighted by Gasteiger charge is -2.29. The van der Waals surface area contributed by atoms with E-state index >= 15 is 0 Å². The summed E-state index contributed by atoms with van der Waals surface area (Å²) in [4.78, 5) is 21.4. The molecule has 0 N–H and O–H groups in total. The Bertz CT molecular complexity index is 344. The molecule has 0 aromatic carbocycles. The van der Waals surface area contributed by atoms with Crippen LogP contribution in [0, 0.1) is 0 Å². The molecule has 1 saturated heterocycles. The van der Waals surface area contributed by atoms with Crippen LogP contribution < -0.4 is 0 Å². The Hall–Kier alpha value is -1.16. The van der Waals surface area contributed by atoms with E-state index in [0.717, 1.165) is 19.4 Å². The second-order valence-corrected chi connectivity index (χ2v) is 4.24. The molecule has 1 unspecified atom stereocenters. The molecular formula is C10H12ClN3O. The highest BCUT2D eigenvalue weighted by molar-refractivity contribution is 6.21. The number of halogens is 1. The SMILES string of the molecule is O=C(c1cncnc1)N1CCCC(Cl)C1. The molecule has 1 atom stereocenters. The molecule has 1 aromatic rings. The average Bonchev–Trinajstić information content (AvgIpc) is 2.29. The fourth-order valence-corrected chi connectivity index (χ4v) is 2.02. The average molecular weight is 226 g/mol. The lowest BCUT2D eigenvalue weighted by Crippen LogP contribution is -2.40. The zero-order chi connectivity index (χ0) is 10.7. The summed E-state index contributed by atoms with van der Waals surface area (Å²) in [6.07, 6.45) is 6.43. The molecule has 0 aliphatic carbocycles. The lowest BCUT2D eigenvalue weighted by atomic mass is 10.1. The van der Waals surface area contributed by atoms with Gasteiger partial charge in [-0.3, -0.25) is 4.79 Å². The predicted octanol–water partition coefficient (Wildman–Crippen LogP) is 1.32. The van der Waals surface area contributed by atoms with Crippen molar-refractivity contribution in [3.63, 3.8) is 0 Å². The van der Waals surface area contributed by atoms with E-state index in [1.54, 1.807) is 4.90 Å². The molecule has 1 fully saturated rings. The maximum absolute atomic E-state index is 11.9. The van der Waals surface area contributed by atoms with Crippen LogP contribution >= 0.6 is 11.6 Å². The summed E-state index contributed by atoms with van der Waals surface area (Å²) in [5, 5.41) is 0.0762. The molecule has 1 aliphatic rings. The first-order chi connectivity index (χ1) is 7.27. The van der Waals surface area contributed by atoms with Gasteiger partial charge >= 0.3 is 0 Å². The van der Waals surface area contributed by atoms with Crippen molar-refractivity contribution in [2.75, 3.05) is 13.1 Å². The lowest BCUT2D eigenvalue weighted by molar-refractivity contribution is 0.0726. The van der Waals surface area contributed by atoms with Gasteiger partial charge in [-0.15, -0.1) is 11.6 Å². The summed E-state index contributed by atoms with van der Waals surface area (Å²) in [7, 11) is 0. The van der Waals surface area contributed by atoms with E-state index < -0.39 is 0 Å². The number of amides is 1. The van der Waals surface area contributed by atoms with Crippen molar-refractivity contribution in [1.82, 2.24) is 14.9 Å². The van der Waals surface area contributed by atoms with Crippen LogP contribution in [0.25, 0.3) is 0 Å². The van der Waals surface area contributed by atoms with Crippen LogP contribution in [0.5, 0.6) is 0 Å². The fourth-order valence-electron chi connectivity index (χ4n) is 1.70. The highest BCUT2D eigenvalue weighted by atomic mass is 35.5. The molecule has 1 aromatic heterocycles. The van der Waals surface area contributed by atoms with E-state index in [-0.39, 0.29) is 11.3 Å². The summed E-state index contributed by atoms with van der Waals surface area (Å²) in [6, 6.07) is 0. The molecule has 15 heavy (non-hydrogen) atoms. The summed E-state index contributed by atoms with van der Waals surface area (Å²) in [5.74, 6) is -0.0269. The predicted molar refractivity (Wildman–Crippen MR) is 56.8 cm³/mol. The van der Waals surface area contributed by atoms with Gasteiger partial charge < -0.3 is 4.90 Å². The number of carbonyl (C=O) groups is 1. The number of rotatable bonds is 1. The van der Waals surface area contributed by atoms with Crippen molar-refractivity contribution in [3.05, 3.63) is 24.3 Å². The van der Waals surface area contributed by atoms with Crippen LogP contribution in [0.1, 0.15) is 23.2 Å². The topological polar surface area (TPSA) is 46.1 Å². The molecule has 0 bridgehead atoms. The van der Waals surface area contributed by atoms with Gasteiger partial charge in [0, 0.05) is 25.5 Å². The van der Waals surface area contributed by atoms with Crippen LogP contribution in [0.15, 0.2) is 18.7 Å². The second-order valence-electron chi connectivity index (χ2n) is 3.62. The largest absolute Gasteiger partial charge is 0.337 e. The van der Waals surface area contributed by atoms with Crippen LogP contribution in [-0.2, 0) is 0 Å². The second kappa shape index (κ2) is 4.57. The van der Waals surface area contributed by atoms with Gasteiger partial charge in [0.25, 0.3) is 5.91 Å². The quantitative estimate of drug-likeness (QED) is 0.678. The van der Waals surface area contributed by atoms with Crippen LogP contribution in [0.4, 0.5) is 0 Å². The van der Waals surface area contributed by atoms with E-state index in [1.165, 1.54) is 18.7 Å². The minimum Gasteiger partial charge on any atom is -0.337 e. The Morgan fingerprint density at radius 3 is 2.87 bits per heavy atom. The minimum absolute atomic E-state index is 0.0269. The molecular weight excluding hydrogens is 214 g/mol. The molecule has 0 spiro atoms. The van der Waals surface area contributed by atoms with Gasteiger partial charge in [0.1, 0.15) is 6.33 Å². The zero-order valence-corrected chi connectivity index (χ0v) is 9.02. The van der Waals surface area contributed by atoms with E-state index in [2.05, 4.69) is 9.97 Å². The van der Waals surface area contributed by atoms with Crippen molar-refractivity contribution in [3.8, 4) is 0 Å². The van der Waals surface area contributed by atoms with Crippen molar-refractivity contribution < 1.29 is 4.79 Å². The van der Waals surface area contributed by atoms with Gasteiger partial charge in [0.05, 0.1) is 10.9 Å². The molecule has 5 heteroatoms. The van der Waals surface area contributed by atoms with Gasteiger partial charge in [-0.2, -0.15) is 0 Å². The van der Waals surface area contributed by atoms with Gasteiger partial charge in [-0.05, 0) is 12.8 Å². The third kappa shape index (κ3) is 2.45. The first kappa shape index (κ1) is 10.4. The summed E-state index contributed by atoms with van der Waals surface area (Å²) in [6.45, 7) is 1.40. The number of aromatic nitrogens is 2. The Balaban J connectivity index is 2.08. The molecule has 0 radical (unpaired) electrons. The Labute approximate surface area is 93.3 Å². The van der Waals surface area contributed by atoms with Crippen LogP contribution in [0.3, 0.4) is 0 Å². The minimum atomic E-state index is -0.0269. The van der Waals surface area contributed by atoms with Gasteiger partial charge in [-0.1, -0.05) is 0 Å². The van der Waals surface area contributed by atoms with Crippen molar-refractivity contribution >= 4 is 17.5 Å². The number of nitrogens with zero attached hydrogens (tertiary/aromatic N) is 3. The molecule has 0 saturated carbocycles. The van der Waals surface area contributed by atoms with Gasteiger partial charge in [0.15, 0.2) is 0 Å². The van der Waals surface area contributed by atoms with E-state index in [4.69, 9.17) is 11.6 Å².